The first kappa shape index (κ1) is 11.9. The molecule has 2 unspecified atom stereocenters. The summed E-state index contributed by atoms with van der Waals surface area (Å²) in [5.41, 5.74) is 6.06. The normalized spacial score (nSPS) is 27.0. The van der Waals surface area contributed by atoms with Gasteiger partial charge < -0.3 is 10.3 Å². The van der Waals surface area contributed by atoms with E-state index >= 15 is 0 Å². The maximum atomic E-state index is 6.06. The monoisotopic (exact) mass is 271 g/mol. The van der Waals surface area contributed by atoms with E-state index in [1.165, 1.54) is 24.3 Å². The molecule has 0 amide bonds. The molecule has 0 radical (unpaired) electrons. The van der Waals surface area contributed by atoms with Crippen LogP contribution in [-0.4, -0.2) is 33.4 Å². The summed E-state index contributed by atoms with van der Waals surface area (Å²) in [4.78, 5) is 4.49. The van der Waals surface area contributed by atoms with Crippen molar-refractivity contribution in [2.24, 2.45) is 11.7 Å². The lowest BCUT2D eigenvalue weighted by atomic mass is 10.1. The van der Waals surface area contributed by atoms with Crippen molar-refractivity contribution < 1.29 is 4.52 Å². The third-order valence-corrected chi connectivity index (χ3v) is 5.98. The van der Waals surface area contributed by atoms with Crippen LogP contribution < -0.4 is 5.73 Å². The van der Waals surface area contributed by atoms with Crippen molar-refractivity contribution in [3.8, 4) is 0 Å². The highest BCUT2D eigenvalue weighted by Crippen LogP contribution is 2.36. The largest absolute Gasteiger partial charge is 0.339 e. The first-order chi connectivity index (χ1) is 8.33. The molecule has 2 fully saturated rings. The molecule has 1 aliphatic heterocycles. The highest BCUT2D eigenvalue weighted by Gasteiger charge is 2.30. The Bertz CT molecular complexity index is 375. The Hall–Kier alpha value is -0.200. The average molecular weight is 271 g/mol. The summed E-state index contributed by atoms with van der Waals surface area (Å²) in [6.07, 6.45) is 3.26. The molecular weight excluding hydrogens is 254 g/mol. The summed E-state index contributed by atoms with van der Waals surface area (Å²) in [5.74, 6) is 5.78. The molecule has 17 heavy (non-hydrogen) atoms. The van der Waals surface area contributed by atoms with Crippen molar-refractivity contribution >= 4 is 23.5 Å². The summed E-state index contributed by atoms with van der Waals surface area (Å²) < 4.78 is 5.30. The Balaban J connectivity index is 1.60. The quantitative estimate of drug-likeness (QED) is 0.902. The Morgan fingerprint density at radius 2 is 2.29 bits per heavy atom. The van der Waals surface area contributed by atoms with Crippen molar-refractivity contribution in [2.75, 3.05) is 17.3 Å². The van der Waals surface area contributed by atoms with Crippen molar-refractivity contribution in [1.29, 1.82) is 0 Å². The summed E-state index contributed by atoms with van der Waals surface area (Å²) in [6, 6.07) is 0.205. The molecule has 1 aromatic heterocycles. The van der Waals surface area contributed by atoms with Crippen LogP contribution in [-0.2, 0) is 6.42 Å². The molecule has 2 aliphatic rings. The van der Waals surface area contributed by atoms with Crippen LogP contribution in [0.25, 0.3) is 0 Å². The van der Waals surface area contributed by atoms with E-state index in [1.807, 2.05) is 23.5 Å². The first-order valence-electron chi connectivity index (χ1n) is 6.10. The standard InChI is InChI=1S/C11H17N3OS2/c12-8(7-1-2-7)5-10-13-11(14-15-10)9-6-16-3-4-17-9/h7-9H,1-6,12H2. The van der Waals surface area contributed by atoms with Crippen LogP contribution >= 0.6 is 23.5 Å². The second kappa shape index (κ2) is 5.20. The zero-order chi connectivity index (χ0) is 11.7. The van der Waals surface area contributed by atoms with Gasteiger partial charge in [-0.3, -0.25) is 0 Å². The van der Waals surface area contributed by atoms with Crippen LogP contribution in [0.5, 0.6) is 0 Å². The van der Waals surface area contributed by atoms with Crippen LogP contribution in [0.2, 0.25) is 0 Å². The summed E-state index contributed by atoms with van der Waals surface area (Å²) in [6.45, 7) is 0. The third-order valence-electron chi connectivity index (χ3n) is 3.23. The van der Waals surface area contributed by atoms with Gasteiger partial charge in [-0.2, -0.15) is 16.7 Å². The molecule has 2 atom stereocenters. The highest BCUT2D eigenvalue weighted by molar-refractivity contribution is 8.06. The average Bonchev–Trinajstić information content (AvgIpc) is 3.12. The Labute approximate surface area is 109 Å². The topological polar surface area (TPSA) is 64.9 Å². The zero-order valence-electron chi connectivity index (χ0n) is 9.67. The van der Waals surface area contributed by atoms with Crippen LogP contribution in [0.3, 0.4) is 0 Å². The zero-order valence-corrected chi connectivity index (χ0v) is 11.3. The molecule has 2 N–H and O–H groups in total. The first-order valence-corrected chi connectivity index (χ1v) is 8.30. The number of nitrogens with two attached hydrogens (primary N) is 1. The number of hydrogen-bond acceptors (Lipinski definition) is 6. The highest BCUT2D eigenvalue weighted by atomic mass is 32.2. The van der Waals surface area contributed by atoms with Gasteiger partial charge in [-0.05, 0) is 18.8 Å². The van der Waals surface area contributed by atoms with Crippen molar-refractivity contribution in [3.63, 3.8) is 0 Å². The molecule has 6 heteroatoms. The summed E-state index contributed by atoms with van der Waals surface area (Å²) in [5, 5.41) is 4.50. The lowest BCUT2D eigenvalue weighted by molar-refractivity contribution is 0.359. The SMILES string of the molecule is NC(Cc1nc(C2CSCCS2)no1)C1CC1. The van der Waals surface area contributed by atoms with Gasteiger partial charge in [-0.15, -0.1) is 11.8 Å². The molecular formula is C11H17N3OS2. The second-order valence-corrected chi connectivity index (χ2v) is 7.15. The van der Waals surface area contributed by atoms with Gasteiger partial charge in [0.05, 0.1) is 5.25 Å². The molecule has 1 aromatic rings. The summed E-state index contributed by atoms with van der Waals surface area (Å²) >= 11 is 3.90. The third kappa shape index (κ3) is 2.98. The van der Waals surface area contributed by atoms with Gasteiger partial charge in [0.25, 0.3) is 0 Å². The number of rotatable bonds is 4. The van der Waals surface area contributed by atoms with Crippen LogP contribution in [0.1, 0.15) is 29.8 Å². The van der Waals surface area contributed by atoms with Gasteiger partial charge in [0, 0.05) is 29.7 Å². The number of aromatic nitrogens is 2. The molecule has 1 saturated carbocycles. The minimum atomic E-state index is 0.205. The van der Waals surface area contributed by atoms with Gasteiger partial charge in [-0.1, -0.05) is 5.16 Å². The minimum Gasteiger partial charge on any atom is -0.339 e. The lowest BCUT2D eigenvalue weighted by Gasteiger charge is -2.17. The van der Waals surface area contributed by atoms with E-state index < -0.39 is 0 Å². The lowest BCUT2D eigenvalue weighted by Crippen LogP contribution is -2.25. The molecule has 1 aliphatic carbocycles. The predicted octanol–water partition coefficient (Wildman–Crippen LogP) is 1.87. The molecule has 4 nitrogen and oxygen atoms in total. The van der Waals surface area contributed by atoms with E-state index in [1.54, 1.807) is 0 Å². The molecule has 0 bridgehead atoms. The van der Waals surface area contributed by atoms with Crippen molar-refractivity contribution in [3.05, 3.63) is 11.7 Å². The molecule has 1 saturated heterocycles. The Morgan fingerprint density at radius 3 is 3.00 bits per heavy atom. The van der Waals surface area contributed by atoms with E-state index in [0.29, 0.717) is 11.2 Å². The van der Waals surface area contributed by atoms with Gasteiger partial charge in [-0.25, -0.2) is 0 Å². The van der Waals surface area contributed by atoms with E-state index in [-0.39, 0.29) is 6.04 Å². The van der Waals surface area contributed by atoms with Crippen molar-refractivity contribution in [2.45, 2.75) is 30.6 Å². The fraction of sp³-hybridized carbons (Fsp3) is 0.818. The maximum Gasteiger partial charge on any atom is 0.228 e. The van der Waals surface area contributed by atoms with E-state index in [4.69, 9.17) is 10.3 Å². The number of thioether (sulfide) groups is 2. The molecule has 3 rings (SSSR count). The van der Waals surface area contributed by atoms with E-state index in [9.17, 15) is 0 Å². The molecule has 94 valence electrons. The fourth-order valence-electron chi connectivity index (χ4n) is 2.01. The van der Waals surface area contributed by atoms with E-state index in [0.717, 1.165) is 23.9 Å². The van der Waals surface area contributed by atoms with Crippen LogP contribution in [0.15, 0.2) is 4.52 Å². The molecule has 0 aromatic carbocycles. The Kier molecular flexibility index (Phi) is 3.63. The van der Waals surface area contributed by atoms with Gasteiger partial charge in [0.1, 0.15) is 0 Å². The number of hydrogen-bond donors (Lipinski definition) is 1. The Morgan fingerprint density at radius 1 is 1.41 bits per heavy atom. The summed E-state index contributed by atoms with van der Waals surface area (Å²) in [7, 11) is 0. The smallest absolute Gasteiger partial charge is 0.228 e. The number of nitrogens with zero attached hydrogens (tertiary/aromatic N) is 2. The van der Waals surface area contributed by atoms with Crippen LogP contribution in [0, 0.1) is 5.92 Å². The maximum absolute atomic E-state index is 6.06. The fourth-order valence-corrected chi connectivity index (χ4v) is 4.60. The van der Waals surface area contributed by atoms with Gasteiger partial charge >= 0.3 is 0 Å². The second-order valence-electron chi connectivity index (χ2n) is 4.69. The van der Waals surface area contributed by atoms with Crippen molar-refractivity contribution in [1.82, 2.24) is 10.1 Å². The van der Waals surface area contributed by atoms with Crippen LogP contribution in [0.4, 0.5) is 0 Å². The minimum absolute atomic E-state index is 0.205. The van der Waals surface area contributed by atoms with Gasteiger partial charge in [0.15, 0.2) is 5.82 Å². The molecule has 0 spiro atoms. The van der Waals surface area contributed by atoms with Gasteiger partial charge in [0.2, 0.25) is 5.89 Å². The predicted molar refractivity (Wildman–Crippen MR) is 71.2 cm³/mol. The van der Waals surface area contributed by atoms with E-state index in [2.05, 4.69) is 10.1 Å². The molecule has 2 heterocycles.